The first-order chi connectivity index (χ1) is 5.92. The molecule has 1 unspecified atom stereocenters. The second-order valence-electron chi connectivity index (χ2n) is 3.55. The Morgan fingerprint density at radius 1 is 1.54 bits per heavy atom. The van der Waals surface area contributed by atoms with Crippen LogP contribution >= 0.6 is 0 Å². The SMILES string of the molecule is CC(N)CC1=CC=C(O)C(O)(O)C1. The Morgan fingerprint density at radius 3 is 2.62 bits per heavy atom. The van der Waals surface area contributed by atoms with Crippen molar-refractivity contribution in [3.05, 3.63) is 23.5 Å². The molecule has 0 heterocycles. The highest BCUT2D eigenvalue weighted by Gasteiger charge is 2.31. The average molecular weight is 185 g/mol. The number of allylic oxidation sites excluding steroid dienone is 2. The van der Waals surface area contributed by atoms with Crippen LogP contribution in [-0.4, -0.2) is 27.1 Å². The molecule has 0 aromatic carbocycles. The van der Waals surface area contributed by atoms with Gasteiger partial charge in [0.1, 0.15) is 0 Å². The number of aliphatic hydroxyl groups is 3. The molecule has 0 aliphatic heterocycles. The van der Waals surface area contributed by atoms with Crippen LogP contribution in [0.2, 0.25) is 0 Å². The van der Waals surface area contributed by atoms with Crippen LogP contribution in [0.15, 0.2) is 23.5 Å². The zero-order valence-electron chi connectivity index (χ0n) is 7.57. The minimum Gasteiger partial charge on any atom is -0.507 e. The molecule has 1 atom stereocenters. The molecule has 74 valence electrons. The minimum absolute atomic E-state index is 0.0179. The van der Waals surface area contributed by atoms with Gasteiger partial charge >= 0.3 is 0 Å². The molecule has 0 radical (unpaired) electrons. The Labute approximate surface area is 77.0 Å². The zero-order chi connectivity index (χ0) is 10.1. The number of hydrogen-bond donors (Lipinski definition) is 4. The fourth-order valence-corrected chi connectivity index (χ4v) is 1.35. The monoisotopic (exact) mass is 185 g/mol. The van der Waals surface area contributed by atoms with Crippen molar-refractivity contribution in [1.82, 2.24) is 0 Å². The fraction of sp³-hybridized carbons (Fsp3) is 0.556. The average Bonchev–Trinajstić information content (AvgIpc) is 1.95. The summed E-state index contributed by atoms with van der Waals surface area (Å²) in [6.07, 6.45) is 3.59. The van der Waals surface area contributed by atoms with Crippen molar-refractivity contribution in [2.45, 2.75) is 31.6 Å². The van der Waals surface area contributed by atoms with Gasteiger partial charge < -0.3 is 21.1 Å². The van der Waals surface area contributed by atoms with E-state index in [2.05, 4.69) is 0 Å². The van der Waals surface area contributed by atoms with Gasteiger partial charge in [-0.1, -0.05) is 11.6 Å². The van der Waals surface area contributed by atoms with Crippen molar-refractivity contribution in [3.63, 3.8) is 0 Å². The van der Waals surface area contributed by atoms with Gasteiger partial charge in [0.25, 0.3) is 0 Å². The van der Waals surface area contributed by atoms with Gasteiger partial charge in [0.15, 0.2) is 5.76 Å². The van der Waals surface area contributed by atoms with E-state index in [4.69, 9.17) is 10.8 Å². The maximum atomic E-state index is 9.28. The number of rotatable bonds is 2. The van der Waals surface area contributed by atoms with Crippen molar-refractivity contribution in [1.29, 1.82) is 0 Å². The first-order valence-corrected chi connectivity index (χ1v) is 4.21. The molecule has 1 rings (SSSR count). The van der Waals surface area contributed by atoms with Crippen LogP contribution in [0.1, 0.15) is 19.8 Å². The lowest BCUT2D eigenvalue weighted by Crippen LogP contribution is -2.33. The third kappa shape index (κ3) is 2.55. The molecule has 0 bridgehead atoms. The molecule has 13 heavy (non-hydrogen) atoms. The molecule has 4 heteroatoms. The molecule has 0 saturated heterocycles. The maximum Gasteiger partial charge on any atom is 0.226 e. The van der Waals surface area contributed by atoms with Crippen LogP contribution in [0, 0.1) is 0 Å². The van der Waals surface area contributed by atoms with Gasteiger partial charge in [0, 0.05) is 12.5 Å². The highest BCUT2D eigenvalue weighted by molar-refractivity contribution is 5.26. The van der Waals surface area contributed by atoms with Crippen molar-refractivity contribution in [3.8, 4) is 0 Å². The highest BCUT2D eigenvalue weighted by Crippen LogP contribution is 2.27. The standard InChI is InChI=1S/C9H15NO3/c1-6(10)4-7-2-3-8(11)9(12,13)5-7/h2-3,6,11-13H,4-5,10H2,1H3. The second kappa shape index (κ2) is 3.49. The van der Waals surface area contributed by atoms with Crippen molar-refractivity contribution in [2.24, 2.45) is 5.73 Å². The summed E-state index contributed by atoms with van der Waals surface area (Å²) in [5, 5.41) is 27.6. The van der Waals surface area contributed by atoms with Gasteiger partial charge in [-0.25, -0.2) is 0 Å². The van der Waals surface area contributed by atoms with E-state index in [9.17, 15) is 10.2 Å². The first-order valence-electron chi connectivity index (χ1n) is 4.21. The molecule has 5 N–H and O–H groups in total. The van der Waals surface area contributed by atoms with E-state index in [0.29, 0.717) is 6.42 Å². The van der Waals surface area contributed by atoms with Crippen molar-refractivity contribution in [2.75, 3.05) is 0 Å². The molecule has 0 saturated carbocycles. The van der Waals surface area contributed by atoms with E-state index < -0.39 is 11.5 Å². The van der Waals surface area contributed by atoms with Gasteiger partial charge in [0.2, 0.25) is 5.79 Å². The van der Waals surface area contributed by atoms with Gasteiger partial charge in [-0.2, -0.15) is 0 Å². The fourth-order valence-electron chi connectivity index (χ4n) is 1.35. The summed E-state index contributed by atoms with van der Waals surface area (Å²) < 4.78 is 0. The van der Waals surface area contributed by atoms with Crippen molar-refractivity contribution < 1.29 is 15.3 Å². The summed E-state index contributed by atoms with van der Waals surface area (Å²) in [5.41, 5.74) is 6.39. The van der Waals surface area contributed by atoms with Crippen LogP contribution < -0.4 is 5.73 Å². The third-order valence-corrected chi connectivity index (χ3v) is 1.94. The summed E-state index contributed by atoms with van der Waals surface area (Å²) in [6, 6.07) is -0.0179. The Balaban J connectivity index is 2.72. The van der Waals surface area contributed by atoms with Crippen LogP contribution in [0.5, 0.6) is 0 Å². The van der Waals surface area contributed by atoms with E-state index in [0.717, 1.165) is 5.57 Å². The molecule has 0 fully saturated rings. The van der Waals surface area contributed by atoms with E-state index in [1.807, 2.05) is 6.92 Å². The quantitative estimate of drug-likeness (QED) is 0.462. The molecule has 1 aliphatic carbocycles. The maximum absolute atomic E-state index is 9.28. The topological polar surface area (TPSA) is 86.7 Å². The largest absolute Gasteiger partial charge is 0.507 e. The van der Waals surface area contributed by atoms with Crippen LogP contribution in [0.4, 0.5) is 0 Å². The summed E-state index contributed by atoms with van der Waals surface area (Å²) in [5.74, 6) is -2.53. The summed E-state index contributed by atoms with van der Waals surface area (Å²) >= 11 is 0. The normalized spacial score (nSPS) is 23.4. The zero-order valence-corrected chi connectivity index (χ0v) is 7.57. The smallest absolute Gasteiger partial charge is 0.226 e. The van der Waals surface area contributed by atoms with E-state index in [1.165, 1.54) is 6.08 Å². The lowest BCUT2D eigenvalue weighted by molar-refractivity contribution is -0.151. The van der Waals surface area contributed by atoms with Crippen LogP contribution in [-0.2, 0) is 0 Å². The summed E-state index contributed by atoms with van der Waals surface area (Å²) in [4.78, 5) is 0. The van der Waals surface area contributed by atoms with Gasteiger partial charge in [0.05, 0.1) is 0 Å². The second-order valence-corrected chi connectivity index (χ2v) is 3.55. The first kappa shape index (κ1) is 10.2. The van der Waals surface area contributed by atoms with Gasteiger partial charge in [-0.3, -0.25) is 0 Å². The molecule has 0 aromatic heterocycles. The molecule has 0 amide bonds. The number of hydrogen-bond acceptors (Lipinski definition) is 4. The van der Waals surface area contributed by atoms with E-state index in [1.54, 1.807) is 6.08 Å². The predicted molar refractivity (Wildman–Crippen MR) is 48.8 cm³/mol. The molecule has 0 aromatic rings. The van der Waals surface area contributed by atoms with Gasteiger partial charge in [-0.05, 0) is 19.4 Å². The highest BCUT2D eigenvalue weighted by atomic mass is 16.5. The molecular formula is C9H15NO3. The number of nitrogens with two attached hydrogens (primary N) is 1. The van der Waals surface area contributed by atoms with Gasteiger partial charge in [-0.15, -0.1) is 0 Å². The Hall–Kier alpha value is -0.840. The predicted octanol–water partition coefficient (Wildman–Crippen LogP) is 0.177. The van der Waals surface area contributed by atoms with E-state index in [-0.39, 0.29) is 12.5 Å². The van der Waals surface area contributed by atoms with E-state index >= 15 is 0 Å². The molecular weight excluding hydrogens is 170 g/mol. The minimum atomic E-state index is -2.11. The number of aliphatic hydroxyl groups excluding tert-OH is 1. The Morgan fingerprint density at radius 2 is 2.15 bits per heavy atom. The molecule has 4 nitrogen and oxygen atoms in total. The van der Waals surface area contributed by atoms with Crippen molar-refractivity contribution >= 4 is 0 Å². The van der Waals surface area contributed by atoms with Crippen LogP contribution in [0.25, 0.3) is 0 Å². The third-order valence-electron chi connectivity index (χ3n) is 1.94. The summed E-state index contributed by atoms with van der Waals surface area (Å²) in [6.45, 7) is 1.84. The van der Waals surface area contributed by atoms with Crippen LogP contribution in [0.3, 0.4) is 0 Å². The Kier molecular flexibility index (Phi) is 2.75. The Bertz CT molecular complexity index is 254. The molecule has 0 spiro atoms. The lowest BCUT2D eigenvalue weighted by atomic mass is 9.94. The summed E-state index contributed by atoms with van der Waals surface area (Å²) in [7, 11) is 0. The molecule has 1 aliphatic rings. The lowest BCUT2D eigenvalue weighted by Gasteiger charge is -2.25.